The minimum Gasteiger partial charge on any atom is -0.465 e. The quantitative estimate of drug-likeness (QED) is 0.325. The molecule has 1 N–H and O–H groups in total. The molecule has 2 heterocycles. The van der Waals surface area contributed by atoms with Gasteiger partial charge in [-0.05, 0) is 72.7 Å². The predicted octanol–water partition coefficient (Wildman–Crippen LogP) is 4.16. The van der Waals surface area contributed by atoms with Gasteiger partial charge in [0.2, 0.25) is 0 Å². The van der Waals surface area contributed by atoms with E-state index in [1.54, 1.807) is 6.92 Å². The van der Waals surface area contributed by atoms with Gasteiger partial charge in [0.1, 0.15) is 6.54 Å². The Kier molecular flexibility index (Phi) is 8.13. The number of ether oxygens (including phenoxy) is 1. The molecule has 0 unspecified atom stereocenters. The number of tetrazole rings is 1. The minimum atomic E-state index is -0.396. The Morgan fingerprint density at radius 1 is 1.08 bits per heavy atom. The van der Waals surface area contributed by atoms with E-state index in [0.29, 0.717) is 30.9 Å². The number of aromatic nitrogens is 5. The molecule has 0 aliphatic carbocycles. The van der Waals surface area contributed by atoms with Crippen molar-refractivity contribution in [2.75, 3.05) is 6.61 Å². The first kappa shape index (κ1) is 26.2. The molecule has 2 aromatic carbocycles. The summed E-state index contributed by atoms with van der Waals surface area (Å²) < 4.78 is 6.60. The third kappa shape index (κ3) is 5.94. The fourth-order valence-corrected chi connectivity index (χ4v) is 4.61. The van der Waals surface area contributed by atoms with Crippen LogP contribution in [0.25, 0.3) is 10.9 Å². The molecule has 1 atom stereocenters. The fraction of sp³-hybridized carbons (Fsp3) is 0.393. The van der Waals surface area contributed by atoms with Gasteiger partial charge in [-0.15, -0.1) is 5.10 Å². The highest BCUT2D eigenvalue weighted by molar-refractivity contribution is 5.83. The average Bonchev–Trinajstić information content (AvgIpc) is 3.32. The van der Waals surface area contributed by atoms with Crippen molar-refractivity contribution in [1.82, 2.24) is 30.1 Å². The van der Waals surface area contributed by atoms with Crippen molar-refractivity contribution in [3.8, 4) is 0 Å². The van der Waals surface area contributed by atoms with Gasteiger partial charge < -0.3 is 9.72 Å². The smallest absolute Gasteiger partial charge is 0.327 e. The summed E-state index contributed by atoms with van der Waals surface area (Å²) in [6, 6.07) is 14.2. The third-order valence-corrected chi connectivity index (χ3v) is 6.78. The largest absolute Gasteiger partial charge is 0.465 e. The molecule has 0 aliphatic heterocycles. The lowest BCUT2D eigenvalue weighted by Gasteiger charge is -2.30. The van der Waals surface area contributed by atoms with Gasteiger partial charge in [0, 0.05) is 18.7 Å². The maximum atomic E-state index is 13.2. The maximum absolute atomic E-state index is 13.2. The Morgan fingerprint density at radius 3 is 2.54 bits per heavy atom. The number of hydrogen-bond acceptors (Lipinski definition) is 7. The number of aryl methyl sites for hydroxylation is 3. The highest BCUT2D eigenvalue weighted by Crippen LogP contribution is 2.27. The van der Waals surface area contributed by atoms with Gasteiger partial charge in [-0.3, -0.25) is 14.5 Å². The Hall–Kier alpha value is -3.85. The SMILES string of the molecule is CCOC(=O)Cn1nnnc1[C@@H](CC)N(Cc1ccc(C)cc1)Cc1cc2ccc(C)c(C)c2[nH]c1=O. The molecule has 0 spiro atoms. The zero-order valence-electron chi connectivity index (χ0n) is 22.1. The lowest BCUT2D eigenvalue weighted by atomic mass is 10.0. The lowest BCUT2D eigenvalue weighted by molar-refractivity contribution is -0.144. The number of fused-ring (bicyclic) bond motifs is 1. The first-order valence-electron chi connectivity index (χ1n) is 12.6. The number of aromatic amines is 1. The van der Waals surface area contributed by atoms with E-state index in [4.69, 9.17) is 4.74 Å². The van der Waals surface area contributed by atoms with E-state index in [0.717, 1.165) is 27.6 Å². The van der Waals surface area contributed by atoms with Gasteiger partial charge in [0.25, 0.3) is 5.56 Å². The standard InChI is InChI=1S/C28H34N6O3/c1-6-24(27-30-31-32-34(27)17-25(35)37-7-2)33(15-21-11-8-18(3)9-12-21)16-23-14-22-13-10-19(4)20(5)26(22)29-28(23)36/h8-14,24H,6-7,15-17H2,1-5H3,(H,29,36)/t24-/m1/s1. The van der Waals surface area contributed by atoms with Gasteiger partial charge in [0.15, 0.2) is 5.82 Å². The zero-order chi connectivity index (χ0) is 26.5. The van der Waals surface area contributed by atoms with Crippen LogP contribution in [0.15, 0.2) is 47.3 Å². The Balaban J connectivity index is 1.73. The van der Waals surface area contributed by atoms with E-state index in [1.807, 2.05) is 32.9 Å². The van der Waals surface area contributed by atoms with Crippen molar-refractivity contribution in [1.29, 1.82) is 0 Å². The molecule has 4 aromatic rings. The molecular weight excluding hydrogens is 468 g/mol. The topological polar surface area (TPSA) is 106 Å². The summed E-state index contributed by atoms with van der Waals surface area (Å²) in [7, 11) is 0. The van der Waals surface area contributed by atoms with E-state index >= 15 is 0 Å². The molecule has 0 radical (unpaired) electrons. The van der Waals surface area contributed by atoms with Crippen LogP contribution in [0, 0.1) is 20.8 Å². The van der Waals surface area contributed by atoms with Gasteiger partial charge in [-0.1, -0.05) is 48.9 Å². The van der Waals surface area contributed by atoms with Crippen molar-refractivity contribution < 1.29 is 9.53 Å². The first-order chi connectivity index (χ1) is 17.8. The summed E-state index contributed by atoms with van der Waals surface area (Å²) in [5.74, 6) is 0.166. The molecule has 0 fully saturated rings. The number of pyridine rings is 1. The van der Waals surface area contributed by atoms with E-state index in [9.17, 15) is 9.59 Å². The molecule has 4 rings (SSSR count). The molecule has 0 aliphatic rings. The first-order valence-corrected chi connectivity index (χ1v) is 12.6. The summed E-state index contributed by atoms with van der Waals surface area (Å²) in [5, 5.41) is 13.2. The molecule has 0 bridgehead atoms. The molecule has 37 heavy (non-hydrogen) atoms. The maximum Gasteiger partial charge on any atom is 0.327 e. The highest BCUT2D eigenvalue weighted by atomic mass is 16.5. The Bertz CT molecular complexity index is 1440. The number of rotatable bonds is 10. The number of nitrogens with one attached hydrogen (secondary N) is 1. The number of carbonyl (C=O) groups excluding carboxylic acids is 1. The molecule has 194 valence electrons. The minimum absolute atomic E-state index is 0.0692. The number of carbonyl (C=O) groups is 1. The van der Waals surface area contributed by atoms with Gasteiger partial charge in [-0.25, -0.2) is 4.68 Å². The van der Waals surface area contributed by atoms with Gasteiger partial charge >= 0.3 is 5.97 Å². The van der Waals surface area contributed by atoms with E-state index < -0.39 is 5.97 Å². The van der Waals surface area contributed by atoms with Crippen LogP contribution in [0.3, 0.4) is 0 Å². The van der Waals surface area contributed by atoms with Crippen LogP contribution in [0.1, 0.15) is 60.0 Å². The van der Waals surface area contributed by atoms with E-state index in [2.05, 4.69) is 62.7 Å². The Labute approximate surface area is 216 Å². The molecule has 0 saturated heterocycles. The van der Waals surface area contributed by atoms with E-state index in [-0.39, 0.29) is 24.8 Å². The summed E-state index contributed by atoms with van der Waals surface area (Å²) in [6.45, 7) is 11.1. The van der Waals surface area contributed by atoms with Crippen molar-refractivity contribution in [3.63, 3.8) is 0 Å². The number of hydrogen-bond donors (Lipinski definition) is 1. The van der Waals surface area contributed by atoms with Gasteiger partial charge in [-0.2, -0.15) is 0 Å². The van der Waals surface area contributed by atoms with Crippen molar-refractivity contribution in [2.24, 2.45) is 0 Å². The van der Waals surface area contributed by atoms with Crippen LogP contribution < -0.4 is 5.56 Å². The Morgan fingerprint density at radius 2 is 1.84 bits per heavy atom. The second-order valence-corrected chi connectivity index (χ2v) is 9.41. The molecule has 0 amide bonds. The van der Waals surface area contributed by atoms with Gasteiger partial charge in [0.05, 0.1) is 18.2 Å². The summed E-state index contributed by atoms with van der Waals surface area (Å²) in [6.07, 6.45) is 0.679. The second-order valence-electron chi connectivity index (χ2n) is 9.41. The summed E-state index contributed by atoms with van der Waals surface area (Å²) >= 11 is 0. The third-order valence-electron chi connectivity index (χ3n) is 6.78. The highest BCUT2D eigenvalue weighted by Gasteiger charge is 2.27. The molecule has 2 aromatic heterocycles. The second kappa shape index (κ2) is 11.5. The predicted molar refractivity (Wildman–Crippen MR) is 142 cm³/mol. The monoisotopic (exact) mass is 502 g/mol. The number of benzene rings is 2. The zero-order valence-corrected chi connectivity index (χ0v) is 22.1. The van der Waals surface area contributed by atoms with Crippen molar-refractivity contribution in [3.05, 3.63) is 86.5 Å². The number of H-pyrrole nitrogens is 1. The van der Waals surface area contributed by atoms with E-state index in [1.165, 1.54) is 10.2 Å². The van der Waals surface area contributed by atoms with Crippen LogP contribution in [-0.4, -0.2) is 42.7 Å². The van der Waals surface area contributed by atoms with Crippen LogP contribution >= 0.6 is 0 Å². The number of nitrogens with zero attached hydrogens (tertiary/aromatic N) is 5. The fourth-order valence-electron chi connectivity index (χ4n) is 4.61. The van der Waals surface area contributed by atoms with Crippen LogP contribution in [0.2, 0.25) is 0 Å². The van der Waals surface area contributed by atoms with Crippen molar-refractivity contribution in [2.45, 2.75) is 66.7 Å². The molecular formula is C28H34N6O3. The summed E-state index contributed by atoms with van der Waals surface area (Å²) in [4.78, 5) is 30.7. The summed E-state index contributed by atoms with van der Waals surface area (Å²) in [5.41, 5.74) is 5.90. The van der Waals surface area contributed by atoms with Crippen LogP contribution in [-0.2, 0) is 29.2 Å². The van der Waals surface area contributed by atoms with Crippen molar-refractivity contribution >= 4 is 16.9 Å². The lowest BCUT2D eigenvalue weighted by Crippen LogP contribution is -2.33. The number of esters is 1. The molecule has 9 heteroatoms. The molecule has 0 saturated carbocycles. The molecule has 9 nitrogen and oxygen atoms in total. The van der Waals surface area contributed by atoms with Crippen LogP contribution in [0.4, 0.5) is 0 Å². The van der Waals surface area contributed by atoms with Crippen LogP contribution in [0.5, 0.6) is 0 Å². The average molecular weight is 503 g/mol. The normalized spacial score (nSPS) is 12.3.